The van der Waals surface area contributed by atoms with E-state index in [1.807, 2.05) is 56.9 Å². The molecule has 1 aromatic heterocycles. The first-order valence-electron chi connectivity index (χ1n) is 40.5. The van der Waals surface area contributed by atoms with Crippen LogP contribution >= 0.6 is 0 Å². The number of nitrogens with zero attached hydrogens (tertiary/aromatic N) is 3. The molecule has 2 aliphatic rings. The number of para-hydroxylation sites is 1. The Morgan fingerprint density at radius 3 is 1.52 bits per heavy atom. The van der Waals surface area contributed by atoms with E-state index < -0.39 is 116 Å². The van der Waals surface area contributed by atoms with E-state index in [4.69, 9.17) is 34.2 Å². The number of aliphatic hydroxyl groups is 2. The van der Waals surface area contributed by atoms with Gasteiger partial charge in [0.2, 0.25) is 53.2 Å². The highest BCUT2D eigenvalue weighted by molar-refractivity contribution is 5.98. The smallest absolute Gasteiger partial charge is 0.245 e. The quantitative estimate of drug-likeness (QED) is 0.0359. The van der Waals surface area contributed by atoms with E-state index in [2.05, 4.69) is 38.5 Å². The maximum absolute atomic E-state index is 14.6. The molecule has 113 heavy (non-hydrogen) atoms. The van der Waals surface area contributed by atoms with Crippen LogP contribution in [0.25, 0.3) is 10.9 Å². The number of benzene rings is 2. The van der Waals surface area contributed by atoms with E-state index in [9.17, 15) is 72.9 Å². The number of rotatable bonds is 36. The summed E-state index contributed by atoms with van der Waals surface area (Å²) in [6.45, 7) is 13.1. The Bertz CT molecular complexity index is 3370. The average molecular weight is 1590 g/mol. The van der Waals surface area contributed by atoms with Crippen LogP contribution in [0.4, 0.5) is 0 Å². The van der Waals surface area contributed by atoms with E-state index in [0.29, 0.717) is 135 Å². The number of aromatic amines is 1. The summed E-state index contributed by atoms with van der Waals surface area (Å²) < 4.78 is 31.9. The van der Waals surface area contributed by atoms with Crippen LogP contribution in [0, 0.1) is 23.7 Å². The first-order valence-corrected chi connectivity index (χ1v) is 40.5. The average Bonchev–Trinajstić information content (AvgIpc) is 1.82. The van der Waals surface area contributed by atoms with Gasteiger partial charge in [-0.3, -0.25) is 57.5 Å². The zero-order valence-corrected chi connectivity index (χ0v) is 67.8. The number of Topliss-reactive ketones (excluding diaryl/α,β-unsaturated/α-hetero) is 3. The Morgan fingerprint density at radius 1 is 0.522 bits per heavy atom. The second kappa shape index (κ2) is 56.0. The summed E-state index contributed by atoms with van der Waals surface area (Å²) in [6.07, 6.45) is 10.4. The molecule has 31 heteroatoms. The second-order valence-electron chi connectivity index (χ2n) is 29.3. The molecule has 2 aromatic carbocycles. The number of primary amides is 1. The number of carbonyl (C=O) groups is 12. The number of H-pyrrole nitrogens is 1. The molecule has 3 aromatic rings. The van der Waals surface area contributed by atoms with E-state index in [-0.39, 0.29) is 98.9 Å². The minimum absolute atomic E-state index is 0.00104. The maximum Gasteiger partial charge on any atom is 0.245 e. The number of hydrogen-bond donors (Lipinski definition) is 10. The molecule has 5 rings (SSSR count). The van der Waals surface area contributed by atoms with E-state index in [1.54, 1.807) is 25.3 Å². The number of hydrogen-bond acceptors (Lipinski definition) is 21. The number of ketones is 3. The lowest BCUT2D eigenvalue weighted by Gasteiger charge is -2.30. The van der Waals surface area contributed by atoms with Crippen LogP contribution in [0.1, 0.15) is 174 Å². The van der Waals surface area contributed by atoms with Crippen LogP contribution in [0.3, 0.4) is 0 Å². The van der Waals surface area contributed by atoms with E-state index in [1.165, 1.54) is 29.2 Å². The Hall–Kier alpha value is -8.30. The maximum atomic E-state index is 14.6. The van der Waals surface area contributed by atoms with Gasteiger partial charge in [0.15, 0.2) is 5.78 Å². The van der Waals surface area contributed by atoms with Crippen LogP contribution in [-0.4, -0.2) is 268 Å². The molecule has 31 nitrogen and oxygen atoms in total. The molecule has 8 atom stereocenters. The van der Waals surface area contributed by atoms with Gasteiger partial charge in [0.1, 0.15) is 54.1 Å². The Morgan fingerprint density at radius 2 is 0.991 bits per heavy atom. The number of aromatic nitrogens is 1. The van der Waals surface area contributed by atoms with Gasteiger partial charge < -0.3 is 95.7 Å². The van der Waals surface area contributed by atoms with Crippen molar-refractivity contribution < 1.29 is 101 Å². The second-order valence-corrected chi connectivity index (χ2v) is 29.3. The molecule has 9 amide bonds. The van der Waals surface area contributed by atoms with Gasteiger partial charge in [0.05, 0.1) is 92.1 Å². The summed E-state index contributed by atoms with van der Waals surface area (Å²) in [6, 6.07) is 5.79. The minimum Gasteiger partial charge on any atom is -0.508 e. The van der Waals surface area contributed by atoms with Gasteiger partial charge in [-0.15, -0.1) is 0 Å². The number of ether oxygens (including phenoxy) is 6. The van der Waals surface area contributed by atoms with E-state index in [0.717, 1.165) is 62.4 Å². The van der Waals surface area contributed by atoms with Gasteiger partial charge in [-0.2, -0.15) is 0 Å². The third-order valence-electron chi connectivity index (χ3n) is 20.1. The topological polar surface area (TPSA) is 433 Å². The van der Waals surface area contributed by atoms with Crippen molar-refractivity contribution in [2.24, 2.45) is 29.4 Å². The van der Waals surface area contributed by atoms with Gasteiger partial charge in [-0.05, 0) is 112 Å². The molecular weight excluding hydrogens is 1460 g/mol. The molecule has 3 unspecified atom stereocenters. The molecule has 0 spiro atoms. The van der Waals surface area contributed by atoms with Crippen molar-refractivity contribution in [1.82, 2.24) is 46.3 Å². The number of nitrogens with two attached hydrogens (primary N) is 1. The Kier molecular flexibility index (Phi) is 48.1. The van der Waals surface area contributed by atoms with Gasteiger partial charge in [-0.25, -0.2) is 0 Å². The van der Waals surface area contributed by atoms with Crippen LogP contribution in [0.2, 0.25) is 0 Å². The van der Waals surface area contributed by atoms with Crippen molar-refractivity contribution in [3.63, 3.8) is 0 Å². The number of methoxy groups -OCH3 is 2. The van der Waals surface area contributed by atoms with Crippen LogP contribution in [0.5, 0.6) is 5.75 Å². The molecule has 0 aliphatic carbocycles. The Balaban J connectivity index is 0.000000701. The summed E-state index contributed by atoms with van der Waals surface area (Å²) >= 11 is 0. The van der Waals surface area contributed by atoms with Crippen LogP contribution < -0.4 is 32.3 Å². The molecule has 0 radical (unpaired) electrons. The number of nitrogens with one attached hydrogen (secondary N) is 6. The lowest BCUT2D eigenvalue weighted by molar-refractivity contribution is -0.140. The molecule has 2 fully saturated rings. The van der Waals surface area contributed by atoms with Gasteiger partial charge in [0.25, 0.3) is 0 Å². The van der Waals surface area contributed by atoms with Crippen molar-refractivity contribution in [3.05, 3.63) is 65.9 Å². The number of aromatic hydroxyl groups is 1. The highest BCUT2D eigenvalue weighted by Crippen LogP contribution is 2.27. The number of fused-ring (bicyclic) bond motifs is 1. The summed E-state index contributed by atoms with van der Waals surface area (Å²) in [5.41, 5.74) is 7.39. The summed E-state index contributed by atoms with van der Waals surface area (Å²) in [5, 5.41) is 44.6. The van der Waals surface area contributed by atoms with Crippen molar-refractivity contribution in [2.45, 2.75) is 206 Å². The van der Waals surface area contributed by atoms with Crippen molar-refractivity contribution in [3.8, 4) is 5.75 Å². The van der Waals surface area contributed by atoms with Gasteiger partial charge in [0, 0.05) is 114 Å². The first kappa shape index (κ1) is 97.1. The molecular formula is C82H130N10O21. The fourth-order valence-corrected chi connectivity index (χ4v) is 13.5. The third-order valence-corrected chi connectivity index (χ3v) is 20.1. The van der Waals surface area contributed by atoms with Crippen molar-refractivity contribution >= 4 is 81.4 Å². The molecule has 2 aliphatic heterocycles. The predicted octanol–water partition coefficient (Wildman–Crippen LogP) is 4.48. The fraction of sp³-hybridized carbons (Fsp3) is 0.683. The number of phenolic OH excluding ortho intramolecular Hbond substituents is 1. The molecule has 634 valence electrons. The standard InChI is InChI=1S/C57H85N9O15.C25H45NO6/c1-5-39-12-8-9-22-65(51(72)21-25-80-28-29-81-27-26-79-4)23-10-11-24-66(34-42(70)35-67)57(78)48(30-37(2)3)63-54(75)46(31-38-15-17-41(69)18-16-38)62-53(74)45(19-20-50(58)71)60-56(77)49(36-68)64-55(76)47(61-52(39)73)32-40-33-59-44-14-7-6-13-43(40)44;1-4-21-10-6-8-13-26(24(28)12-15-31-18-19-32-17-16-30-3)14-9-7-11-22(25(21)29)20-23(27)5-2/h6-7,13-18,33,37,39,45-49,59,67-69H,5,8-12,19-32,34-36H2,1-4H3,(H2,58,71)(H,60,77)(H,61,73)(H,62,74)(H,63,75)(H,64,76);21-22H,4-20H2,1-3H3/t39-,45-,46?,47-,48-,49?;21-,22?/m00/s1. The lowest BCUT2D eigenvalue weighted by Crippen LogP contribution is -2.60. The Labute approximate surface area is 666 Å². The molecule has 3 heterocycles. The SMILES string of the molecule is CCC(=O)CC1CCCCN(C(=O)CCOCCOCCOC)CCCC[C@H](CC)C1=O.CC[C@H]1CCCCN(C(=O)CCOCCOCCOC)CCCCN(CC(=O)CO)C(=O)[C@H](CC(C)C)NC(=O)C(Cc2ccc(O)cc2)NC(=O)[C@H](CCC(N)=O)NC(=O)C(CO)NC(=O)[C@H](Cc2c[nH]c3ccccc23)NC1=O. The third kappa shape index (κ3) is 37.7. The summed E-state index contributed by atoms with van der Waals surface area (Å²) in [7, 11) is 3.20. The molecule has 11 N–H and O–H groups in total. The van der Waals surface area contributed by atoms with Gasteiger partial charge in [-0.1, -0.05) is 84.2 Å². The molecule has 0 bridgehead atoms. The number of amides is 9. The summed E-state index contributed by atoms with van der Waals surface area (Å²) in [4.78, 5) is 171. The van der Waals surface area contributed by atoms with Crippen molar-refractivity contribution in [1.29, 1.82) is 0 Å². The van der Waals surface area contributed by atoms with Gasteiger partial charge >= 0.3 is 0 Å². The molecule has 2 saturated heterocycles. The summed E-state index contributed by atoms with van der Waals surface area (Å²) in [5.74, 6) is -6.92. The molecule has 0 saturated carbocycles. The number of aliphatic hydroxyl groups excluding tert-OH is 2. The fourth-order valence-electron chi connectivity index (χ4n) is 13.5. The first-order chi connectivity index (χ1) is 54.4. The lowest BCUT2D eigenvalue weighted by atomic mass is 9.81. The normalized spacial score (nSPS) is 21.2. The van der Waals surface area contributed by atoms with Crippen molar-refractivity contribution in [2.75, 3.05) is 133 Å². The van der Waals surface area contributed by atoms with Crippen LogP contribution in [-0.2, 0) is 98.8 Å². The predicted molar refractivity (Wildman–Crippen MR) is 423 cm³/mol. The largest absolute Gasteiger partial charge is 0.508 e. The zero-order chi connectivity index (χ0) is 82.9. The number of phenols is 1. The highest BCUT2D eigenvalue weighted by atomic mass is 16.5. The van der Waals surface area contributed by atoms with Crippen LogP contribution in [0.15, 0.2) is 54.7 Å². The monoisotopic (exact) mass is 1590 g/mol. The number of carbonyl (C=O) groups excluding carboxylic acids is 12. The minimum atomic E-state index is -1.70. The van der Waals surface area contributed by atoms with E-state index >= 15 is 0 Å². The highest BCUT2D eigenvalue weighted by Gasteiger charge is 2.36. The zero-order valence-electron chi connectivity index (χ0n) is 67.8.